The first-order valence-electron chi connectivity index (χ1n) is 8.80. The highest BCUT2D eigenvalue weighted by Crippen LogP contribution is 2.20. The summed E-state index contributed by atoms with van der Waals surface area (Å²) < 4.78 is 0. The zero-order valence-electron chi connectivity index (χ0n) is 14.0. The molecule has 1 fully saturated rings. The predicted molar refractivity (Wildman–Crippen MR) is 94.0 cm³/mol. The van der Waals surface area contributed by atoms with E-state index in [0.717, 1.165) is 57.2 Å². The van der Waals surface area contributed by atoms with E-state index in [1.165, 1.54) is 25.8 Å². The van der Waals surface area contributed by atoms with Crippen LogP contribution < -0.4 is 0 Å². The monoisotopic (exact) mass is 360 g/mol. The van der Waals surface area contributed by atoms with E-state index in [2.05, 4.69) is 39.6 Å². The van der Waals surface area contributed by atoms with E-state index in [4.69, 9.17) is 0 Å². The first-order chi connectivity index (χ1) is 10.2. The number of carbonyl (C=O) groups excluding carboxylic acids is 1. The Kier molecular flexibility index (Phi) is 10.4. The minimum atomic E-state index is 0.277. The first kappa shape index (κ1) is 19.0. The molecule has 1 aliphatic heterocycles. The molecule has 0 aliphatic carbocycles. The van der Waals surface area contributed by atoms with E-state index >= 15 is 0 Å². The number of rotatable bonds is 10. The van der Waals surface area contributed by atoms with Crippen LogP contribution in [0.3, 0.4) is 0 Å². The number of hydrogen-bond acceptors (Lipinski definition) is 2. The summed E-state index contributed by atoms with van der Waals surface area (Å²) in [6, 6.07) is 0. The fourth-order valence-corrected chi connectivity index (χ4v) is 3.23. The number of alkyl halides is 1. The fourth-order valence-electron chi connectivity index (χ4n) is 2.98. The largest absolute Gasteiger partial charge is 0.342 e. The Morgan fingerprint density at radius 1 is 1.10 bits per heavy atom. The van der Waals surface area contributed by atoms with Gasteiger partial charge in [-0.15, -0.1) is 0 Å². The van der Waals surface area contributed by atoms with E-state index < -0.39 is 0 Å². The molecule has 0 aromatic rings. The Bertz CT molecular complexity index is 270. The molecule has 0 spiro atoms. The van der Waals surface area contributed by atoms with Gasteiger partial charge in [0.2, 0.25) is 5.91 Å². The zero-order chi connectivity index (χ0) is 15.5. The second-order valence-corrected chi connectivity index (χ2v) is 6.98. The molecule has 0 aromatic carbocycles. The molecule has 21 heavy (non-hydrogen) atoms. The van der Waals surface area contributed by atoms with Crippen LogP contribution in [0, 0.1) is 5.92 Å². The van der Waals surface area contributed by atoms with Crippen molar-refractivity contribution >= 4 is 21.8 Å². The van der Waals surface area contributed by atoms with Crippen LogP contribution in [-0.2, 0) is 4.79 Å². The van der Waals surface area contributed by atoms with Gasteiger partial charge in [-0.1, -0.05) is 42.6 Å². The molecule has 0 saturated carbocycles. The van der Waals surface area contributed by atoms with Gasteiger partial charge < -0.3 is 9.80 Å². The highest BCUT2D eigenvalue weighted by atomic mass is 79.9. The normalized spacial score (nSPS) is 17.1. The van der Waals surface area contributed by atoms with Gasteiger partial charge in [0.1, 0.15) is 0 Å². The Balaban J connectivity index is 2.40. The van der Waals surface area contributed by atoms with Crippen LogP contribution in [0.4, 0.5) is 0 Å². The van der Waals surface area contributed by atoms with Gasteiger partial charge in [-0.25, -0.2) is 0 Å². The van der Waals surface area contributed by atoms with Crippen molar-refractivity contribution in [1.29, 1.82) is 0 Å². The third-order valence-electron chi connectivity index (χ3n) is 4.42. The lowest BCUT2D eigenvalue weighted by molar-refractivity contribution is -0.137. The second kappa shape index (κ2) is 11.5. The quantitative estimate of drug-likeness (QED) is 0.551. The van der Waals surface area contributed by atoms with Gasteiger partial charge in [-0.3, -0.25) is 4.79 Å². The molecule has 0 N–H and O–H groups in total. The van der Waals surface area contributed by atoms with Crippen LogP contribution in [0.5, 0.6) is 0 Å². The van der Waals surface area contributed by atoms with Crippen LogP contribution in [0.25, 0.3) is 0 Å². The van der Waals surface area contributed by atoms with Crippen LogP contribution in [0.2, 0.25) is 0 Å². The van der Waals surface area contributed by atoms with Crippen LogP contribution >= 0.6 is 15.9 Å². The third kappa shape index (κ3) is 7.14. The Morgan fingerprint density at radius 2 is 1.67 bits per heavy atom. The molecule has 0 bridgehead atoms. The van der Waals surface area contributed by atoms with Crippen LogP contribution in [-0.4, -0.2) is 53.8 Å². The summed E-state index contributed by atoms with van der Waals surface area (Å²) in [5, 5.41) is 1.08. The van der Waals surface area contributed by atoms with Gasteiger partial charge >= 0.3 is 0 Å². The number of hydrogen-bond donors (Lipinski definition) is 0. The lowest BCUT2D eigenvalue weighted by Crippen LogP contribution is -2.43. The number of carbonyl (C=O) groups is 1. The molecule has 124 valence electrons. The second-order valence-electron chi connectivity index (χ2n) is 6.19. The van der Waals surface area contributed by atoms with E-state index in [-0.39, 0.29) is 5.92 Å². The fraction of sp³-hybridized carbons (Fsp3) is 0.941. The number of unbranched alkanes of at least 4 members (excludes halogenated alkanes) is 2. The summed E-state index contributed by atoms with van der Waals surface area (Å²) in [6.07, 6.45) is 7.92. The summed E-state index contributed by atoms with van der Waals surface area (Å²) in [5.74, 6) is 0.705. The molecule has 0 unspecified atom stereocenters. The number of likely N-dealkylation sites (tertiary alicyclic amines) is 1. The molecule has 0 radical (unpaired) electrons. The maximum atomic E-state index is 12.7. The minimum Gasteiger partial charge on any atom is -0.342 e. The van der Waals surface area contributed by atoms with Crippen molar-refractivity contribution in [1.82, 2.24) is 9.80 Å². The van der Waals surface area contributed by atoms with E-state index in [0.29, 0.717) is 5.91 Å². The molecule has 1 aliphatic rings. The first-order valence-corrected chi connectivity index (χ1v) is 9.92. The number of halogens is 1. The van der Waals surface area contributed by atoms with Gasteiger partial charge in [0, 0.05) is 24.3 Å². The van der Waals surface area contributed by atoms with Crippen molar-refractivity contribution in [3.63, 3.8) is 0 Å². The average Bonchev–Trinajstić information content (AvgIpc) is 2.53. The Morgan fingerprint density at radius 3 is 2.14 bits per heavy atom. The predicted octanol–water partition coefficient (Wildman–Crippen LogP) is 3.91. The van der Waals surface area contributed by atoms with E-state index in [1.54, 1.807) is 0 Å². The van der Waals surface area contributed by atoms with E-state index in [9.17, 15) is 4.79 Å². The highest BCUT2D eigenvalue weighted by Gasteiger charge is 2.27. The number of piperidine rings is 1. The van der Waals surface area contributed by atoms with Crippen molar-refractivity contribution in [3.8, 4) is 0 Å². The van der Waals surface area contributed by atoms with Crippen molar-refractivity contribution in [2.75, 3.05) is 38.1 Å². The summed E-state index contributed by atoms with van der Waals surface area (Å²) in [4.78, 5) is 17.4. The van der Waals surface area contributed by atoms with Crippen molar-refractivity contribution in [2.45, 2.75) is 58.8 Å². The standard InChI is InChI=1S/C17H33BrN2O/c1-3-5-12-20(13-6-4-2)17(21)16-8-14-19(15-9-16)11-7-10-18/h16H,3-15H2,1-2H3. The van der Waals surface area contributed by atoms with E-state index in [1.807, 2.05) is 0 Å². The molecular weight excluding hydrogens is 328 g/mol. The van der Waals surface area contributed by atoms with Gasteiger partial charge in [0.05, 0.1) is 0 Å². The molecule has 0 atom stereocenters. The average molecular weight is 361 g/mol. The molecule has 1 heterocycles. The summed E-state index contributed by atoms with van der Waals surface area (Å²) in [6.45, 7) is 9.67. The van der Waals surface area contributed by atoms with Gasteiger partial charge in [0.25, 0.3) is 0 Å². The van der Waals surface area contributed by atoms with Crippen molar-refractivity contribution in [3.05, 3.63) is 0 Å². The molecule has 3 nitrogen and oxygen atoms in total. The Hall–Kier alpha value is -0.0900. The lowest BCUT2D eigenvalue weighted by Gasteiger charge is -2.34. The summed E-state index contributed by atoms with van der Waals surface area (Å²) >= 11 is 3.49. The van der Waals surface area contributed by atoms with Gasteiger partial charge in [-0.2, -0.15) is 0 Å². The molecule has 1 rings (SSSR count). The van der Waals surface area contributed by atoms with Crippen LogP contribution in [0.15, 0.2) is 0 Å². The number of amides is 1. The molecule has 1 saturated heterocycles. The summed E-state index contributed by atoms with van der Waals surface area (Å²) in [5.41, 5.74) is 0. The third-order valence-corrected chi connectivity index (χ3v) is 4.98. The van der Waals surface area contributed by atoms with Gasteiger partial charge in [0.15, 0.2) is 0 Å². The maximum Gasteiger partial charge on any atom is 0.225 e. The molecular formula is C17H33BrN2O. The zero-order valence-corrected chi connectivity index (χ0v) is 15.5. The lowest BCUT2D eigenvalue weighted by atomic mass is 9.95. The SMILES string of the molecule is CCCCN(CCCC)C(=O)C1CCN(CCCBr)CC1. The Labute approximate surface area is 139 Å². The smallest absolute Gasteiger partial charge is 0.225 e. The topological polar surface area (TPSA) is 23.6 Å². The highest BCUT2D eigenvalue weighted by molar-refractivity contribution is 9.09. The van der Waals surface area contributed by atoms with Crippen molar-refractivity contribution in [2.24, 2.45) is 5.92 Å². The minimum absolute atomic E-state index is 0.277. The molecule has 1 amide bonds. The van der Waals surface area contributed by atoms with Crippen LogP contribution in [0.1, 0.15) is 58.8 Å². The van der Waals surface area contributed by atoms with Crippen molar-refractivity contribution < 1.29 is 4.79 Å². The number of nitrogens with zero attached hydrogens (tertiary/aromatic N) is 2. The summed E-state index contributed by atoms with van der Waals surface area (Å²) in [7, 11) is 0. The maximum absolute atomic E-state index is 12.7. The molecule has 4 heteroatoms. The molecule has 0 aromatic heterocycles. The van der Waals surface area contributed by atoms with Gasteiger partial charge in [-0.05, 0) is 51.7 Å².